The van der Waals surface area contributed by atoms with Gasteiger partial charge in [0.15, 0.2) is 0 Å². The van der Waals surface area contributed by atoms with E-state index in [1.165, 1.54) is 12.1 Å². The Bertz CT molecular complexity index is 537. The largest absolute Gasteiger partial charge is 0.444 e. The molecule has 4 nitrogen and oxygen atoms in total. The number of benzene rings is 1. The topological polar surface area (TPSA) is 55.6 Å². The normalized spacial score (nSPS) is 22.5. The van der Waals surface area contributed by atoms with E-state index in [9.17, 15) is 13.6 Å². The first-order valence-corrected chi connectivity index (χ1v) is 7.35. The fourth-order valence-electron chi connectivity index (χ4n) is 2.68. The second-order valence-corrected chi connectivity index (χ2v) is 6.69. The van der Waals surface area contributed by atoms with Gasteiger partial charge in [-0.15, -0.1) is 0 Å². The van der Waals surface area contributed by atoms with Crippen molar-refractivity contribution in [3.05, 3.63) is 35.4 Å². The van der Waals surface area contributed by atoms with Gasteiger partial charge in [0.2, 0.25) is 0 Å². The molecule has 0 radical (unpaired) electrons. The second kappa shape index (κ2) is 6.20. The van der Waals surface area contributed by atoms with Gasteiger partial charge in [0, 0.05) is 31.1 Å². The third-order valence-corrected chi connectivity index (χ3v) is 3.62. The number of hydrogen-bond acceptors (Lipinski definition) is 3. The Labute approximate surface area is 129 Å². The number of amides is 1. The van der Waals surface area contributed by atoms with Crippen LogP contribution in [0.4, 0.5) is 13.6 Å². The third kappa shape index (κ3) is 4.16. The molecule has 0 spiro atoms. The quantitative estimate of drug-likeness (QED) is 0.867. The fraction of sp³-hybridized carbons (Fsp3) is 0.562. The van der Waals surface area contributed by atoms with Crippen LogP contribution < -0.4 is 5.73 Å². The van der Waals surface area contributed by atoms with Crippen LogP contribution in [0.15, 0.2) is 18.2 Å². The Morgan fingerprint density at radius 2 is 1.86 bits per heavy atom. The molecule has 1 aliphatic heterocycles. The van der Waals surface area contributed by atoms with Crippen molar-refractivity contribution in [1.29, 1.82) is 0 Å². The van der Waals surface area contributed by atoms with E-state index in [0.717, 1.165) is 6.07 Å². The Hall–Kier alpha value is -1.69. The van der Waals surface area contributed by atoms with Gasteiger partial charge in [-0.2, -0.15) is 0 Å². The molecule has 0 bridgehead atoms. The first-order valence-electron chi connectivity index (χ1n) is 7.35. The molecular weight excluding hydrogens is 290 g/mol. The highest BCUT2D eigenvalue weighted by atomic mass is 19.1. The highest BCUT2D eigenvalue weighted by Crippen LogP contribution is 2.29. The lowest BCUT2D eigenvalue weighted by atomic mass is 9.86. The number of rotatable bonds is 1. The summed E-state index contributed by atoms with van der Waals surface area (Å²) in [7, 11) is 0. The summed E-state index contributed by atoms with van der Waals surface area (Å²) in [6, 6.07) is 3.06. The molecule has 0 aromatic heterocycles. The fourth-order valence-corrected chi connectivity index (χ4v) is 2.68. The van der Waals surface area contributed by atoms with Crippen molar-refractivity contribution in [2.45, 2.75) is 44.8 Å². The summed E-state index contributed by atoms with van der Waals surface area (Å²) in [5, 5.41) is 0. The maximum absolute atomic E-state index is 13.3. The highest BCUT2D eigenvalue weighted by Gasteiger charge is 2.32. The number of carbonyl (C=O) groups excluding carboxylic acids is 1. The summed E-state index contributed by atoms with van der Waals surface area (Å²) >= 11 is 0. The monoisotopic (exact) mass is 312 g/mol. The number of ether oxygens (including phenoxy) is 1. The standard InChI is InChI=1S/C16H22F2N2O2/c1-16(2,3)22-15(21)20-5-4-13(14(19)9-20)10-6-11(17)8-12(18)7-10/h6-8,13-14H,4-5,9,19H2,1-3H3/t13-,14-/m1/s1. The molecule has 122 valence electrons. The van der Waals surface area contributed by atoms with E-state index in [0.29, 0.717) is 25.1 Å². The number of halogens is 2. The summed E-state index contributed by atoms with van der Waals surface area (Å²) in [6.07, 6.45) is 0.135. The molecule has 1 aromatic carbocycles. The van der Waals surface area contributed by atoms with Crippen molar-refractivity contribution >= 4 is 6.09 Å². The minimum atomic E-state index is -0.614. The van der Waals surface area contributed by atoms with Crippen LogP contribution in [0.25, 0.3) is 0 Å². The number of nitrogens with zero attached hydrogens (tertiary/aromatic N) is 1. The van der Waals surface area contributed by atoms with E-state index in [1.807, 2.05) is 0 Å². The Morgan fingerprint density at radius 3 is 2.36 bits per heavy atom. The van der Waals surface area contributed by atoms with Gasteiger partial charge in [-0.25, -0.2) is 13.6 Å². The third-order valence-electron chi connectivity index (χ3n) is 3.62. The number of nitrogens with two attached hydrogens (primary N) is 1. The van der Waals surface area contributed by atoms with Crippen molar-refractivity contribution in [3.63, 3.8) is 0 Å². The van der Waals surface area contributed by atoms with Crippen LogP contribution in [0.3, 0.4) is 0 Å². The zero-order valence-electron chi connectivity index (χ0n) is 13.1. The van der Waals surface area contributed by atoms with Crippen LogP contribution >= 0.6 is 0 Å². The van der Waals surface area contributed by atoms with Crippen molar-refractivity contribution < 1.29 is 18.3 Å². The smallest absolute Gasteiger partial charge is 0.410 e. The Morgan fingerprint density at radius 1 is 1.27 bits per heavy atom. The lowest BCUT2D eigenvalue weighted by molar-refractivity contribution is 0.0186. The van der Waals surface area contributed by atoms with E-state index in [2.05, 4.69) is 0 Å². The first kappa shape index (κ1) is 16.7. The predicted molar refractivity (Wildman–Crippen MR) is 79.5 cm³/mol. The first-order chi connectivity index (χ1) is 10.2. The Kier molecular flexibility index (Phi) is 4.70. The van der Waals surface area contributed by atoms with E-state index in [1.54, 1.807) is 25.7 Å². The van der Waals surface area contributed by atoms with Gasteiger partial charge in [0.1, 0.15) is 17.2 Å². The molecule has 2 atom stereocenters. The molecule has 1 saturated heterocycles. The molecular formula is C16H22F2N2O2. The number of hydrogen-bond donors (Lipinski definition) is 1. The van der Waals surface area contributed by atoms with Crippen LogP contribution in [0.2, 0.25) is 0 Å². The van der Waals surface area contributed by atoms with Crippen molar-refractivity contribution in [1.82, 2.24) is 4.90 Å². The minimum absolute atomic E-state index is 0.177. The van der Waals surface area contributed by atoms with E-state index in [-0.39, 0.29) is 12.0 Å². The molecule has 0 saturated carbocycles. The average molecular weight is 312 g/mol. The minimum Gasteiger partial charge on any atom is -0.444 e. The van der Waals surface area contributed by atoms with E-state index < -0.39 is 23.3 Å². The van der Waals surface area contributed by atoms with Gasteiger partial charge in [-0.1, -0.05) is 0 Å². The van der Waals surface area contributed by atoms with Crippen LogP contribution in [-0.2, 0) is 4.74 Å². The molecule has 0 unspecified atom stereocenters. The lowest BCUT2D eigenvalue weighted by Gasteiger charge is -2.37. The van der Waals surface area contributed by atoms with E-state index >= 15 is 0 Å². The number of carbonyl (C=O) groups is 1. The Balaban J connectivity index is 2.05. The van der Waals surface area contributed by atoms with Crippen LogP contribution in [0, 0.1) is 11.6 Å². The molecule has 1 amide bonds. The molecule has 1 fully saturated rings. The molecule has 2 rings (SSSR count). The molecule has 0 aliphatic carbocycles. The number of likely N-dealkylation sites (tertiary alicyclic amines) is 1. The molecule has 1 aliphatic rings. The summed E-state index contributed by atoms with van der Waals surface area (Å²) in [6.45, 7) is 6.15. The highest BCUT2D eigenvalue weighted by molar-refractivity contribution is 5.68. The van der Waals surface area contributed by atoms with Crippen molar-refractivity contribution in [3.8, 4) is 0 Å². The van der Waals surface area contributed by atoms with Gasteiger partial charge in [-0.3, -0.25) is 0 Å². The molecule has 6 heteroatoms. The van der Waals surface area contributed by atoms with Gasteiger partial charge in [0.25, 0.3) is 0 Å². The van der Waals surface area contributed by atoms with Gasteiger partial charge in [-0.05, 0) is 44.9 Å². The van der Waals surface area contributed by atoms with Crippen molar-refractivity contribution in [2.24, 2.45) is 5.73 Å². The molecule has 1 heterocycles. The zero-order valence-corrected chi connectivity index (χ0v) is 13.1. The summed E-state index contributed by atoms with van der Waals surface area (Å²) in [5.41, 5.74) is 6.08. The maximum Gasteiger partial charge on any atom is 0.410 e. The SMILES string of the molecule is CC(C)(C)OC(=O)N1CC[C@H](c2cc(F)cc(F)c2)[C@H](N)C1. The van der Waals surface area contributed by atoms with Gasteiger partial charge in [0.05, 0.1) is 0 Å². The maximum atomic E-state index is 13.3. The van der Waals surface area contributed by atoms with Crippen LogP contribution in [0.1, 0.15) is 38.7 Å². The summed E-state index contributed by atoms with van der Waals surface area (Å²) in [4.78, 5) is 13.6. The predicted octanol–water partition coefficient (Wildman–Crippen LogP) is 3.02. The van der Waals surface area contributed by atoms with Gasteiger partial charge >= 0.3 is 6.09 Å². The molecule has 2 N–H and O–H groups in total. The lowest BCUT2D eigenvalue weighted by Crippen LogP contribution is -2.50. The second-order valence-electron chi connectivity index (χ2n) is 6.69. The average Bonchev–Trinajstić information content (AvgIpc) is 2.35. The van der Waals surface area contributed by atoms with Gasteiger partial charge < -0.3 is 15.4 Å². The zero-order chi connectivity index (χ0) is 16.5. The summed E-state index contributed by atoms with van der Waals surface area (Å²) < 4.78 is 32.0. The van der Waals surface area contributed by atoms with E-state index in [4.69, 9.17) is 10.5 Å². The van der Waals surface area contributed by atoms with Crippen molar-refractivity contribution in [2.75, 3.05) is 13.1 Å². The molecule has 1 aromatic rings. The van der Waals surface area contributed by atoms with Crippen LogP contribution in [-0.4, -0.2) is 35.7 Å². The summed E-state index contributed by atoms with van der Waals surface area (Å²) in [5.74, 6) is -1.41. The molecule has 22 heavy (non-hydrogen) atoms. The van der Waals surface area contributed by atoms with Crippen LogP contribution in [0.5, 0.6) is 0 Å². The number of piperidine rings is 1.